The van der Waals surface area contributed by atoms with E-state index in [4.69, 9.17) is 0 Å². The third-order valence-electron chi connectivity index (χ3n) is 5.54. The number of rotatable bonds is 11. The van der Waals surface area contributed by atoms with Crippen LogP contribution in [-0.2, 0) is 0 Å². The number of hydrogen-bond acceptors (Lipinski definition) is 0. The molecule has 0 aromatic heterocycles. The van der Waals surface area contributed by atoms with Crippen molar-refractivity contribution in [2.75, 3.05) is 0 Å². The molecule has 0 saturated carbocycles. The lowest BCUT2D eigenvalue weighted by molar-refractivity contribution is 0.183. The number of hydrogen-bond donors (Lipinski definition) is 0. The normalized spacial score (nSPS) is 19.6. The zero-order valence-electron chi connectivity index (χ0n) is 15.7. The summed E-state index contributed by atoms with van der Waals surface area (Å²) < 4.78 is 0. The van der Waals surface area contributed by atoms with Crippen LogP contribution in [0.25, 0.3) is 0 Å². The molecule has 0 spiro atoms. The summed E-state index contributed by atoms with van der Waals surface area (Å²) >= 11 is 0. The van der Waals surface area contributed by atoms with E-state index in [2.05, 4.69) is 55.4 Å². The molecule has 0 saturated heterocycles. The Labute approximate surface area is 130 Å². The highest BCUT2D eigenvalue weighted by atomic mass is 14.3. The maximum Gasteiger partial charge on any atom is -0.0360 e. The quantitative estimate of drug-likeness (QED) is 0.376. The molecule has 0 fully saturated rings. The second-order valence-electron chi connectivity index (χ2n) is 7.92. The molecule has 0 aliphatic carbocycles. The summed E-state index contributed by atoms with van der Waals surface area (Å²) in [6, 6.07) is 0. The first-order valence-corrected chi connectivity index (χ1v) is 9.35. The Morgan fingerprint density at radius 1 is 0.600 bits per heavy atom. The standard InChI is InChI=1S/C20H42/c1-9-17(7)20(18(8)10-2)14-16(6)13-19(11-3)12-15(4)5/h15-20H,9-14H2,1-8H3. The van der Waals surface area contributed by atoms with Crippen LogP contribution in [0.3, 0.4) is 0 Å². The molecule has 0 heteroatoms. The molecule has 0 aromatic rings. The molecule has 0 bridgehead atoms. The van der Waals surface area contributed by atoms with Crippen LogP contribution in [0.5, 0.6) is 0 Å². The average Bonchev–Trinajstić information content (AvgIpc) is 2.41. The maximum atomic E-state index is 2.50. The zero-order chi connectivity index (χ0) is 15.7. The van der Waals surface area contributed by atoms with Crippen molar-refractivity contribution in [1.82, 2.24) is 0 Å². The lowest BCUT2D eigenvalue weighted by atomic mass is 9.74. The third kappa shape index (κ3) is 7.70. The van der Waals surface area contributed by atoms with Gasteiger partial charge in [0.25, 0.3) is 0 Å². The second-order valence-corrected chi connectivity index (χ2v) is 7.92. The van der Waals surface area contributed by atoms with Gasteiger partial charge in [-0.1, -0.05) is 74.7 Å². The van der Waals surface area contributed by atoms with Gasteiger partial charge in [0.2, 0.25) is 0 Å². The minimum atomic E-state index is 0.854. The molecule has 4 unspecified atom stereocenters. The maximum absolute atomic E-state index is 2.50. The Balaban J connectivity index is 4.46. The van der Waals surface area contributed by atoms with Gasteiger partial charge in [0, 0.05) is 0 Å². The highest BCUT2D eigenvalue weighted by molar-refractivity contribution is 4.75. The minimum Gasteiger partial charge on any atom is -0.0651 e. The van der Waals surface area contributed by atoms with E-state index in [9.17, 15) is 0 Å². The van der Waals surface area contributed by atoms with Crippen molar-refractivity contribution in [3.05, 3.63) is 0 Å². The van der Waals surface area contributed by atoms with Gasteiger partial charge in [-0.25, -0.2) is 0 Å². The molecule has 0 rings (SSSR count). The zero-order valence-corrected chi connectivity index (χ0v) is 15.7. The summed E-state index contributed by atoms with van der Waals surface area (Å²) in [6.45, 7) is 19.3. The predicted octanol–water partition coefficient (Wildman–Crippen LogP) is 7.18. The minimum absolute atomic E-state index is 0.854. The van der Waals surface area contributed by atoms with Crippen LogP contribution < -0.4 is 0 Å². The summed E-state index contributed by atoms with van der Waals surface area (Å²) in [5.41, 5.74) is 0. The van der Waals surface area contributed by atoms with Crippen LogP contribution in [0.1, 0.15) is 93.9 Å². The summed E-state index contributed by atoms with van der Waals surface area (Å²) in [5.74, 6) is 5.39. The first-order valence-electron chi connectivity index (χ1n) is 9.35. The molecule has 0 nitrogen and oxygen atoms in total. The summed E-state index contributed by atoms with van der Waals surface area (Å²) in [4.78, 5) is 0. The van der Waals surface area contributed by atoms with E-state index in [1.54, 1.807) is 0 Å². The monoisotopic (exact) mass is 282 g/mol. The molecule has 122 valence electrons. The SMILES string of the molecule is CCC(CC(C)C)CC(C)CC(C(C)CC)C(C)CC. The van der Waals surface area contributed by atoms with Gasteiger partial charge in [-0.2, -0.15) is 0 Å². The van der Waals surface area contributed by atoms with Gasteiger partial charge in [0.1, 0.15) is 0 Å². The Bertz CT molecular complexity index is 208. The van der Waals surface area contributed by atoms with Crippen molar-refractivity contribution in [3.8, 4) is 0 Å². The third-order valence-corrected chi connectivity index (χ3v) is 5.54. The van der Waals surface area contributed by atoms with Crippen molar-refractivity contribution in [2.24, 2.45) is 35.5 Å². The largest absolute Gasteiger partial charge is 0.0651 e. The van der Waals surface area contributed by atoms with E-state index in [1.165, 1.54) is 38.5 Å². The van der Waals surface area contributed by atoms with E-state index in [0.717, 1.165) is 35.5 Å². The lowest BCUT2D eigenvalue weighted by Crippen LogP contribution is -2.22. The van der Waals surface area contributed by atoms with E-state index in [-0.39, 0.29) is 0 Å². The van der Waals surface area contributed by atoms with Crippen LogP contribution in [0.4, 0.5) is 0 Å². The molecule has 0 heterocycles. The molecule has 0 aliphatic heterocycles. The van der Waals surface area contributed by atoms with Crippen molar-refractivity contribution >= 4 is 0 Å². The Morgan fingerprint density at radius 2 is 1.10 bits per heavy atom. The highest BCUT2D eigenvalue weighted by Gasteiger charge is 2.24. The molecule has 20 heavy (non-hydrogen) atoms. The molecule has 0 N–H and O–H groups in total. The van der Waals surface area contributed by atoms with E-state index in [0.29, 0.717) is 0 Å². The van der Waals surface area contributed by atoms with Crippen molar-refractivity contribution in [1.29, 1.82) is 0 Å². The van der Waals surface area contributed by atoms with Crippen LogP contribution in [-0.4, -0.2) is 0 Å². The molecule has 0 aliphatic rings. The second kappa shape index (κ2) is 10.7. The molecule has 4 atom stereocenters. The molecule has 0 amide bonds. The Hall–Kier alpha value is 0. The van der Waals surface area contributed by atoms with Gasteiger partial charge in [0.15, 0.2) is 0 Å². The Morgan fingerprint density at radius 3 is 1.45 bits per heavy atom. The highest BCUT2D eigenvalue weighted by Crippen LogP contribution is 2.34. The topological polar surface area (TPSA) is 0 Å². The van der Waals surface area contributed by atoms with Crippen LogP contribution in [0, 0.1) is 35.5 Å². The van der Waals surface area contributed by atoms with Crippen molar-refractivity contribution in [2.45, 2.75) is 93.9 Å². The Kier molecular flexibility index (Phi) is 10.7. The van der Waals surface area contributed by atoms with E-state index >= 15 is 0 Å². The van der Waals surface area contributed by atoms with Crippen LogP contribution >= 0.6 is 0 Å². The fourth-order valence-corrected chi connectivity index (χ4v) is 3.86. The fraction of sp³-hybridized carbons (Fsp3) is 1.00. The van der Waals surface area contributed by atoms with Gasteiger partial charge in [-0.15, -0.1) is 0 Å². The van der Waals surface area contributed by atoms with Gasteiger partial charge < -0.3 is 0 Å². The van der Waals surface area contributed by atoms with Gasteiger partial charge in [-0.3, -0.25) is 0 Å². The van der Waals surface area contributed by atoms with E-state index < -0.39 is 0 Å². The smallest absolute Gasteiger partial charge is 0.0360 e. The van der Waals surface area contributed by atoms with Crippen LogP contribution in [0.2, 0.25) is 0 Å². The van der Waals surface area contributed by atoms with Gasteiger partial charge >= 0.3 is 0 Å². The summed E-state index contributed by atoms with van der Waals surface area (Å²) in [6.07, 6.45) is 8.34. The lowest BCUT2D eigenvalue weighted by Gasteiger charge is -2.32. The van der Waals surface area contributed by atoms with Gasteiger partial charge in [-0.05, 0) is 54.8 Å². The fourth-order valence-electron chi connectivity index (χ4n) is 3.86. The summed E-state index contributed by atoms with van der Waals surface area (Å²) in [5, 5.41) is 0. The molecular formula is C20H42. The van der Waals surface area contributed by atoms with Gasteiger partial charge in [0.05, 0.1) is 0 Å². The molecule has 0 aromatic carbocycles. The van der Waals surface area contributed by atoms with E-state index in [1.807, 2.05) is 0 Å². The summed E-state index contributed by atoms with van der Waals surface area (Å²) in [7, 11) is 0. The molecular weight excluding hydrogens is 240 g/mol. The first-order chi connectivity index (χ1) is 9.35. The van der Waals surface area contributed by atoms with Crippen LogP contribution in [0.15, 0.2) is 0 Å². The van der Waals surface area contributed by atoms with Crippen molar-refractivity contribution < 1.29 is 0 Å². The first kappa shape index (κ1) is 20.0. The predicted molar refractivity (Wildman–Crippen MR) is 94.0 cm³/mol. The van der Waals surface area contributed by atoms with Crippen molar-refractivity contribution in [3.63, 3.8) is 0 Å². The molecule has 0 radical (unpaired) electrons. The average molecular weight is 283 g/mol.